The average molecular weight is 340 g/mol. The minimum Gasteiger partial charge on any atom is -0.486 e. The van der Waals surface area contributed by atoms with Gasteiger partial charge in [0, 0.05) is 18.8 Å². The number of hydrogen-bond acceptors (Lipinski definition) is 4. The maximum Gasteiger partial charge on any atom is 0.250 e. The molecule has 4 rings (SSSR count). The van der Waals surface area contributed by atoms with Gasteiger partial charge in [-0.3, -0.25) is 9.59 Å². The van der Waals surface area contributed by atoms with E-state index in [0.717, 1.165) is 29.9 Å². The van der Waals surface area contributed by atoms with Crippen LogP contribution in [0.4, 0.5) is 0 Å². The summed E-state index contributed by atoms with van der Waals surface area (Å²) in [5.41, 5.74) is 0.890. The predicted molar refractivity (Wildman–Crippen MR) is 91.8 cm³/mol. The van der Waals surface area contributed by atoms with E-state index in [9.17, 15) is 9.59 Å². The Morgan fingerprint density at radius 3 is 2.80 bits per heavy atom. The van der Waals surface area contributed by atoms with E-state index in [1.165, 1.54) is 10.6 Å². The Kier molecular flexibility index (Phi) is 4.17. The molecule has 0 N–H and O–H groups in total. The zero-order valence-corrected chi connectivity index (χ0v) is 13.9. The summed E-state index contributed by atoms with van der Waals surface area (Å²) in [5, 5.41) is 0. The van der Waals surface area contributed by atoms with Crippen LogP contribution >= 0.6 is 0 Å². The Bertz CT molecular complexity index is 845. The van der Waals surface area contributed by atoms with Gasteiger partial charge in [-0.1, -0.05) is 12.1 Å². The van der Waals surface area contributed by atoms with Crippen molar-refractivity contribution >= 4 is 5.91 Å². The summed E-state index contributed by atoms with van der Waals surface area (Å²) in [6.45, 7) is 1.88. The van der Waals surface area contributed by atoms with Crippen LogP contribution in [0.2, 0.25) is 0 Å². The molecule has 1 aromatic heterocycles. The van der Waals surface area contributed by atoms with Crippen molar-refractivity contribution in [3.05, 3.63) is 58.5 Å². The van der Waals surface area contributed by atoms with Crippen molar-refractivity contribution in [3.8, 4) is 11.5 Å². The van der Waals surface area contributed by atoms with E-state index in [1.807, 2.05) is 23.1 Å². The summed E-state index contributed by atoms with van der Waals surface area (Å²) in [5.74, 6) is 1.45. The fourth-order valence-corrected chi connectivity index (χ4v) is 3.51. The van der Waals surface area contributed by atoms with E-state index in [-0.39, 0.29) is 24.1 Å². The minimum absolute atomic E-state index is 0.0164. The topological polar surface area (TPSA) is 60.8 Å². The number of ether oxygens (including phenoxy) is 2. The van der Waals surface area contributed by atoms with Crippen molar-refractivity contribution in [1.82, 2.24) is 9.47 Å². The number of hydrogen-bond donors (Lipinski definition) is 0. The van der Waals surface area contributed by atoms with Gasteiger partial charge in [0.1, 0.15) is 19.8 Å². The van der Waals surface area contributed by atoms with Crippen molar-refractivity contribution in [3.63, 3.8) is 0 Å². The van der Waals surface area contributed by atoms with Crippen LogP contribution < -0.4 is 15.0 Å². The Hall–Kier alpha value is -2.76. The van der Waals surface area contributed by atoms with Gasteiger partial charge in [-0.15, -0.1) is 0 Å². The highest BCUT2D eigenvalue weighted by Gasteiger charge is 2.30. The summed E-state index contributed by atoms with van der Waals surface area (Å²) in [6.07, 6.45) is 3.51. The summed E-state index contributed by atoms with van der Waals surface area (Å²) in [4.78, 5) is 26.5. The smallest absolute Gasteiger partial charge is 0.250 e. The van der Waals surface area contributed by atoms with Crippen LogP contribution in [0.25, 0.3) is 0 Å². The van der Waals surface area contributed by atoms with E-state index in [0.29, 0.717) is 19.8 Å². The number of fused-ring (bicyclic) bond motifs is 1. The van der Waals surface area contributed by atoms with Crippen LogP contribution in [0.1, 0.15) is 24.4 Å². The summed E-state index contributed by atoms with van der Waals surface area (Å²) in [7, 11) is 0. The van der Waals surface area contributed by atoms with Crippen LogP contribution in [-0.4, -0.2) is 35.1 Å². The predicted octanol–water partition coefficient (Wildman–Crippen LogP) is 1.98. The highest BCUT2D eigenvalue weighted by molar-refractivity contribution is 5.77. The number of pyridine rings is 1. The Balaban J connectivity index is 1.55. The second kappa shape index (κ2) is 6.63. The lowest BCUT2D eigenvalue weighted by molar-refractivity contribution is -0.132. The first-order chi connectivity index (χ1) is 12.2. The minimum atomic E-state index is -0.161. The Labute approximate surface area is 145 Å². The Morgan fingerprint density at radius 2 is 1.96 bits per heavy atom. The standard InChI is InChI=1S/C19H20N2O4/c22-18-5-1-2-8-20(18)13-19(23)21-9-3-4-15(21)14-6-7-16-17(12-14)25-11-10-24-16/h1-2,5-8,12,15H,3-4,9-11,13H2. The number of rotatable bonds is 3. The number of likely N-dealkylation sites (tertiary alicyclic amines) is 1. The lowest BCUT2D eigenvalue weighted by atomic mass is 10.0. The third-order valence-corrected chi connectivity index (χ3v) is 4.73. The first-order valence-corrected chi connectivity index (χ1v) is 8.57. The molecule has 0 bridgehead atoms. The third kappa shape index (κ3) is 3.12. The second-order valence-corrected chi connectivity index (χ2v) is 6.32. The molecule has 1 saturated heterocycles. The quantitative estimate of drug-likeness (QED) is 0.857. The third-order valence-electron chi connectivity index (χ3n) is 4.73. The van der Waals surface area contributed by atoms with Gasteiger partial charge < -0.3 is 18.9 Å². The van der Waals surface area contributed by atoms with Crippen LogP contribution in [0, 0.1) is 0 Å². The van der Waals surface area contributed by atoms with Crippen molar-refractivity contribution < 1.29 is 14.3 Å². The zero-order valence-electron chi connectivity index (χ0n) is 13.9. The van der Waals surface area contributed by atoms with Gasteiger partial charge >= 0.3 is 0 Å². The number of amides is 1. The molecule has 6 heteroatoms. The fraction of sp³-hybridized carbons (Fsp3) is 0.368. The van der Waals surface area contributed by atoms with Crippen molar-refractivity contribution in [1.29, 1.82) is 0 Å². The molecule has 1 unspecified atom stereocenters. The number of carbonyl (C=O) groups is 1. The molecule has 1 aromatic carbocycles. The second-order valence-electron chi connectivity index (χ2n) is 6.32. The molecular weight excluding hydrogens is 320 g/mol. The Morgan fingerprint density at radius 1 is 1.12 bits per heavy atom. The number of carbonyl (C=O) groups excluding carboxylic acids is 1. The molecule has 2 aromatic rings. The molecule has 25 heavy (non-hydrogen) atoms. The first-order valence-electron chi connectivity index (χ1n) is 8.57. The maximum absolute atomic E-state index is 12.7. The van der Waals surface area contributed by atoms with Crippen molar-refractivity contribution in [2.24, 2.45) is 0 Å². The molecule has 0 aliphatic carbocycles. The SMILES string of the molecule is O=C(Cn1ccccc1=O)N1CCCC1c1ccc2c(c1)OCCO2. The fourth-order valence-electron chi connectivity index (χ4n) is 3.51. The highest BCUT2D eigenvalue weighted by Crippen LogP contribution is 2.38. The van der Waals surface area contributed by atoms with Gasteiger partial charge in [-0.05, 0) is 36.6 Å². The van der Waals surface area contributed by atoms with E-state index in [2.05, 4.69) is 0 Å². The molecule has 0 spiro atoms. The van der Waals surface area contributed by atoms with Gasteiger partial charge in [0.05, 0.1) is 6.04 Å². The van der Waals surface area contributed by atoms with E-state index in [4.69, 9.17) is 9.47 Å². The van der Waals surface area contributed by atoms with Crippen LogP contribution in [0.15, 0.2) is 47.4 Å². The molecule has 1 atom stereocenters. The molecule has 2 aliphatic rings. The molecule has 1 amide bonds. The molecule has 3 heterocycles. The van der Waals surface area contributed by atoms with Crippen LogP contribution in [0.3, 0.4) is 0 Å². The highest BCUT2D eigenvalue weighted by atomic mass is 16.6. The summed E-state index contributed by atoms with van der Waals surface area (Å²) < 4.78 is 12.7. The number of nitrogens with zero attached hydrogens (tertiary/aromatic N) is 2. The van der Waals surface area contributed by atoms with Crippen molar-refractivity contribution in [2.75, 3.05) is 19.8 Å². The zero-order chi connectivity index (χ0) is 17.2. The van der Waals surface area contributed by atoms with E-state index in [1.54, 1.807) is 18.3 Å². The monoisotopic (exact) mass is 340 g/mol. The molecule has 6 nitrogen and oxygen atoms in total. The van der Waals surface area contributed by atoms with Crippen molar-refractivity contribution in [2.45, 2.75) is 25.4 Å². The maximum atomic E-state index is 12.7. The van der Waals surface area contributed by atoms with Gasteiger partial charge in [-0.2, -0.15) is 0 Å². The molecule has 0 radical (unpaired) electrons. The normalized spacial score (nSPS) is 19.0. The van der Waals surface area contributed by atoms with Crippen LogP contribution in [0.5, 0.6) is 11.5 Å². The number of aromatic nitrogens is 1. The van der Waals surface area contributed by atoms with Gasteiger partial charge in [0.25, 0.3) is 5.56 Å². The van der Waals surface area contributed by atoms with Gasteiger partial charge in [0.2, 0.25) is 5.91 Å². The lowest BCUT2D eigenvalue weighted by Gasteiger charge is -2.27. The van der Waals surface area contributed by atoms with E-state index >= 15 is 0 Å². The van der Waals surface area contributed by atoms with Gasteiger partial charge in [-0.25, -0.2) is 0 Å². The summed E-state index contributed by atoms with van der Waals surface area (Å²) >= 11 is 0. The average Bonchev–Trinajstić information content (AvgIpc) is 3.13. The summed E-state index contributed by atoms with van der Waals surface area (Å²) in [6, 6.07) is 10.8. The van der Waals surface area contributed by atoms with Crippen LogP contribution in [-0.2, 0) is 11.3 Å². The first kappa shape index (κ1) is 15.7. The largest absolute Gasteiger partial charge is 0.486 e. The molecule has 0 saturated carbocycles. The number of benzene rings is 1. The lowest BCUT2D eigenvalue weighted by Crippen LogP contribution is -2.35. The molecule has 2 aliphatic heterocycles. The van der Waals surface area contributed by atoms with E-state index < -0.39 is 0 Å². The van der Waals surface area contributed by atoms with Gasteiger partial charge in [0.15, 0.2) is 11.5 Å². The molecule has 130 valence electrons. The molecular formula is C19H20N2O4. The molecule has 1 fully saturated rings.